The SMILES string of the molecule is CCCCS(=O)(=O)c1cc2c(cc1NC(=O)c1cccc(Cl)c1)n(C)c(=O)n2C. The zero-order valence-electron chi connectivity index (χ0n) is 16.4. The van der Waals surface area contributed by atoms with Gasteiger partial charge in [-0.2, -0.15) is 0 Å². The van der Waals surface area contributed by atoms with Crippen LogP contribution in [0, 0.1) is 0 Å². The van der Waals surface area contributed by atoms with Crippen molar-refractivity contribution >= 4 is 44.1 Å². The fourth-order valence-electron chi connectivity index (χ4n) is 3.15. The van der Waals surface area contributed by atoms with Gasteiger partial charge in [0.1, 0.15) is 0 Å². The van der Waals surface area contributed by atoms with E-state index in [-0.39, 0.29) is 22.0 Å². The minimum atomic E-state index is -3.67. The van der Waals surface area contributed by atoms with Crippen molar-refractivity contribution in [1.82, 2.24) is 9.13 Å². The molecule has 0 saturated carbocycles. The van der Waals surface area contributed by atoms with Crippen molar-refractivity contribution in [2.24, 2.45) is 14.1 Å². The van der Waals surface area contributed by atoms with Crippen LogP contribution in [0.25, 0.3) is 11.0 Å². The van der Waals surface area contributed by atoms with Gasteiger partial charge in [0, 0.05) is 24.7 Å². The molecule has 0 atom stereocenters. The molecule has 0 fully saturated rings. The molecule has 9 heteroatoms. The molecule has 0 saturated heterocycles. The van der Waals surface area contributed by atoms with Crippen LogP contribution >= 0.6 is 11.6 Å². The van der Waals surface area contributed by atoms with Gasteiger partial charge in [-0.15, -0.1) is 0 Å². The number of hydrogen-bond donors (Lipinski definition) is 1. The number of amides is 1. The van der Waals surface area contributed by atoms with E-state index >= 15 is 0 Å². The summed E-state index contributed by atoms with van der Waals surface area (Å²) in [6.07, 6.45) is 1.21. The quantitative estimate of drug-likeness (QED) is 0.642. The first kappa shape index (κ1) is 21.1. The molecule has 1 heterocycles. The monoisotopic (exact) mass is 435 g/mol. The number of aryl methyl sites for hydroxylation is 2. The van der Waals surface area contributed by atoms with Gasteiger partial charge in [-0.25, -0.2) is 13.2 Å². The molecule has 0 unspecified atom stereocenters. The third kappa shape index (κ3) is 4.09. The van der Waals surface area contributed by atoms with Crippen LogP contribution in [0.15, 0.2) is 46.1 Å². The van der Waals surface area contributed by atoms with E-state index in [0.717, 1.165) is 6.42 Å². The van der Waals surface area contributed by atoms with Gasteiger partial charge in [-0.3, -0.25) is 13.9 Å². The van der Waals surface area contributed by atoms with Crippen LogP contribution in [0.3, 0.4) is 0 Å². The van der Waals surface area contributed by atoms with E-state index in [4.69, 9.17) is 11.6 Å². The van der Waals surface area contributed by atoms with E-state index in [2.05, 4.69) is 5.32 Å². The number of nitrogens with zero attached hydrogens (tertiary/aromatic N) is 2. The van der Waals surface area contributed by atoms with Crippen molar-refractivity contribution in [2.45, 2.75) is 24.7 Å². The standard InChI is InChI=1S/C20H22ClN3O4S/c1-4-5-9-29(27,28)18-12-17-16(23(2)20(26)24(17)3)11-15(18)22-19(25)13-7-6-8-14(21)10-13/h6-8,10-12H,4-5,9H2,1-3H3,(H,22,25). The van der Waals surface area contributed by atoms with Gasteiger partial charge in [-0.1, -0.05) is 31.0 Å². The highest BCUT2D eigenvalue weighted by Crippen LogP contribution is 2.29. The summed E-state index contributed by atoms with van der Waals surface area (Å²) in [6.45, 7) is 1.90. The molecule has 7 nitrogen and oxygen atoms in total. The van der Waals surface area contributed by atoms with Gasteiger partial charge in [0.2, 0.25) is 0 Å². The average Bonchev–Trinajstić information content (AvgIpc) is 2.89. The van der Waals surface area contributed by atoms with E-state index in [1.807, 2.05) is 6.92 Å². The molecule has 1 N–H and O–H groups in total. The lowest BCUT2D eigenvalue weighted by molar-refractivity contribution is 0.102. The van der Waals surface area contributed by atoms with Crippen LogP contribution in [-0.2, 0) is 23.9 Å². The largest absolute Gasteiger partial charge is 0.328 e. The second-order valence-electron chi connectivity index (χ2n) is 6.87. The normalized spacial score (nSPS) is 11.7. The molecule has 0 aliphatic heterocycles. The Balaban J connectivity index is 2.17. The van der Waals surface area contributed by atoms with E-state index in [1.54, 1.807) is 32.3 Å². The Hall–Kier alpha value is -2.58. The molecule has 3 aromatic rings. The first-order chi connectivity index (χ1) is 13.7. The van der Waals surface area contributed by atoms with Gasteiger partial charge in [-0.05, 0) is 36.8 Å². The third-order valence-corrected chi connectivity index (χ3v) is 6.88. The van der Waals surface area contributed by atoms with E-state index in [9.17, 15) is 18.0 Å². The molecule has 154 valence electrons. The first-order valence-corrected chi connectivity index (χ1v) is 11.2. The second-order valence-corrected chi connectivity index (χ2v) is 9.39. The minimum Gasteiger partial charge on any atom is -0.321 e. The number of fused-ring (bicyclic) bond motifs is 1. The number of aromatic nitrogens is 2. The Morgan fingerprint density at radius 2 is 1.76 bits per heavy atom. The fourth-order valence-corrected chi connectivity index (χ4v) is 4.96. The molecule has 1 amide bonds. The third-order valence-electron chi connectivity index (χ3n) is 4.81. The van der Waals surface area contributed by atoms with Crippen molar-refractivity contribution in [3.8, 4) is 0 Å². The van der Waals surface area contributed by atoms with Gasteiger partial charge in [0.25, 0.3) is 5.91 Å². The van der Waals surface area contributed by atoms with E-state index in [1.165, 1.54) is 27.3 Å². The highest BCUT2D eigenvalue weighted by Gasteiger charge is 2.23. The highest BCUT2D eigenvalue weighted by molar-refractivity contribution is 7.91. The van der Waals surface area contributed by atoms with Gasteiger partial charge < -0.3 is 5.32 Å². The number of unbranched alkanes of at least 4 members (excludes halogenated alkanes) is 1. The first-order valence-electron chi connectivity index (χ1n) is 9.15. The number of imidazole rings is 1. The number of carbonyl (C=O) groups is 1. The number of sulfone groups is 1. The van der Waals surface area contributed by atoms with Crippen LogP contribution in [0.1, 0.15) is 30.1 Å². The summed E-state index contributed by atoms with van der Waals surface area (Å²) in [6, 6.07) is 9.35. The summed E-state index contributed by atoms with van der Waals surface area (Å²) in [5, 5.41) is 3.08. The van der Waals surface area contributed by atoms with Gasteiger partial charge in [0.05, 0.1) is 27.4 Å². The van der Waals surface area contributed by atoms with Crippen molar-refractivity contribution in [3.05, 3.63) is 57.5 Å². The summed E-state index contributed by atoms with van der Waals surface area (Å²) < 4.78 is 28.7. The Morgan fingerprint density at radius 1 is 1.10 bits per heavy atom. The highest BCUT2D eigenvalue weighted by atomic mass is 35.5. The molecule has 0 aliphatic carbocycles. The number of anilines is 1. The number of rotatable bonds is 6. The van der Waals surface area contributed by atoms with Crippen LogP contribution in [-0.4, -0.2) is 29.2 Å². The Morgan fingerprint density at radius 3 is 2.38 bits per heavy atom. The lowest BCUT2D eigenvalue weighted by Crippen LogP contribution is -2.19. The predicted molar refractivity (Wildman–Crippen MR) is 115 cm³/mol. The van der Waals surface area contributed by atoms with Crippen molar-refractivity contribution in [3.63, 3.8) is 0 Å². The number of benzene rings is 2. The van der Waals surface area contributed by atoms with Crippen LogP contribution in [0.2, 0.25) is 5.02 Å². The Labute approximate surface area is 173 Å². The van der Waals surface area contributed by atoms with Gasteiger partial charge >= 0.3 is 5.69 Å². The minimum absolute atomic E-state index is 0.00460. The second kappa shape index (κ2) is 8.04. The Bertz CT molecular complexity index is 1260. The number of nitrogens with one attached hydrogen (secondary N) is 1. The molecule has 29 heavy (non-hydrogen) atoms. The zero-order chi connectivity index (χ0) is 21.3. The van der Waals surface area contributed by atoms with E-state index in [0.29, 0.717) is 28.0 Å². The number of carbonyl (C=O) groups excluding carboxylic acids is 1. The summed E-state index contributed by atoms with van der Waals surface area (Å²) in [7, 11) is -0.490. The summed E-state index contributed by atoms with van der Waals surface area (Å²) >= 11 is 5.96. The van der Waals surface area contributed by atoms with Crippen molar-refractivity contribution in [2.75, 3.05) is 11.1 Å². The summed E-state index contributed by atoms with van der Waals surface area (Å²) in [4.78, 5) is 25.0. The maximum absolute atomic E-state index is 13.0. The summed E-state index contributed by atoms with van der Waals surface area (Å²) in [5.41, 5.74) is 1.16. The Kier molecular flexibility index (Phi) is 5.86. The van der Waals surface area contributed by atoms with Crippen molar-refractivity contribution < 1.29 is 13.2 Å². The molecule has 2 aromatic carbocycles. The molecule has 3 rings (SSSR count). The summed E-state index contributed by atoms with van der Waals surface area (Å²) in [5.74, 6) is -0.532. The van der Waals surface area contributed by atoms with Crippen LogP contribution < -0.4 is 11.0 Å². The number of hydrogen-bond acceptors (Lipinski definition) is 4. The smallest absolute Gasteiger partial charge is 0.321 e. The topological polar surface area (TPSA) is 90.2 Å². The van der Waals surface area contributed by atoms with E-state index < -0.39 is 15.7 Å². The molecule has 0 aliphatic rings. The van der Waals surface area contributed by atoms with Gasteiger partial charge in [0.15, 0.2) is 9.84 Å². The zero-order valence-corrected chi connectivity index (χ0v) is 18.0. The molecule has 0 radical (unpaired) electrons. The predicted octanol–water partition coefficient (Wildman–Crippen LogP) is 3.36. The molecular weight excluding hydrogens is 414 g/mol. The molecule has 0 bridgehead atoms. The average molecular weight is 436 g/mol. The van der Waals surface area contributed by atoms with Crippen LogP contribution in [0.5, 0.6) is 0 Å². The maximum atomic E-state index is 13.0. The van der Waals surface area contributed by atoms with Crippen molar-refractivity contribution in [1.29, 1.82) is 0 Å². The van der Waals surface area contributed by atoms with Crippen LogP contribution in [0.4, 0.5) is 5.69 Å². The maximum Gasteiger partial charge on any atom is 0.328 e. The number of halogens is 1. The lowest BCUT2D eigenvalue weighted by atomic mass is 10.2. The fraction of sp³-hybridized carbons (Fsp3) is 0.300. The molecule has 1 aromatic heterocycles. The molecule has 0 spiro atoms. The lowest BCUT2D eigenvalue weighted by Gasteiger charge is -2.13. The molecular formula is C20H22ClN3O4S.